The lowest BCUT2D eigenvalue weighted by Crippen LogP contribution is -2.33. The molecule has 20 heavy (non-hydrogen) atoms. The van der Waals surface area contributed by atoms with Crippen molar-refractivity contribution in [3.8, 4) is 5.75 Å². The summed E-state index contributed by atoms with van der Waals surface area (Å²) in [5.74, 6) is 1.11. The Bertz CT molecular complexity index is 569. The minimum Gasteiger partial charge on any atom is -0.497 e. The number of benzene rings is 1. The SMILES string of the molecule is COc1ccc(NC(=O)NC[C@H]2CCS(=O)(=O)C2)cc1. The van der Waals surface area contributed by atoms with Gasteiger partial charge in [-0.25, -0.2) is 13.2 Å². The zero-order valence-electron chi connectivity index (χ0n) is 11.3. The van der Waals surface area contributed by atoms with Crippen molar-refractivity contribution in [2.24, 2.45) is 5.92 Å². The van der Waals surface area contributed by atoms with Crippen LogP contribution in [0.15, 0.2) is 24.3 Å². The van der Waals surface area contributed by atoms with Gasteiger partial charge in [-0.15, -0.1) is 0 Å². The number of amides is 2. The van der Waals surface area contributed by atoms with E-state index in [-0.39, 0.29) is 23.5 Å². The molecule has 1 aromatic rings. The van der Waals surface area contributed by atoms with Gasteiger partial charge in [-0.05, 0) is 36.6 Å². The van der Waals surface area contributed by atoms with Gasteiger partial charge in [0.15, 0.2) is 9.84 Å². The van der Waals surface area contributed by atoms with E-state index in [1.54, 1.807) is 31.4 Å². The van der Waals surface area contributed by atoms with Crippen LogP contribution < -0.4 is 15.4 Å². The second-order valence-corrected chi connectivity index (χ2v) is 7.06. The number of ether oxygens (including phenoxy) is 1. The lowest BCUT2D eigenvalue weighted by molar-refractivity contribution is 0.250. The van der Waals surface area contributed by atoms with Crippen molar-refractivity contribution in [3.05, 3.63) is 24.3 Å². The summed E-state index contributed by atoms with van der Waals surface area (Å²) in [7, 11) is -1.32. The molecule has 0 bridgehead atoms. The van der Waals surface area contributed by atoms with Crippen LogP contribution in [-0.2, 0) is 9.84 Å². The molecule has 1 aliphatic rings. The summed E-state index contributed by atoms with van der Waals surface area (Å²) < 4.78 is 27.6. The molecular formula is C13H18N2O4S. The van der Waals surface area contributed by atoms with Gasteiger partial charge < -0.3 is 15.4 Å². The van der Waals surface area contributed by atoms with Gasteiger partial charge >= 0.3 is 6.03 Å². The van der Waals surface area contributed by atoms with Crippen LogP contribution >= 0.6 is 0 Å². The molecule has 0 saturated carbocycles. The Morgan fingerprint density at radius 1 is 1.35 bits per heavy atom. The number of carbonyl (C=O) groups excluding carboxylic acids is 1. The predicted octanol–water partition coefficient (Wildman–Crippen LogP) is 1.25. The fraction of sp³-hybridized carbons (Fsp3) is 0.462. The maximum absolute atomic E-state index is 11.7. The number of nitrogens with one attached hydrogen (secondary N) is 2. The molecule has 110 valence electrons. The fourth-order valence-electron chi connectivity index (χ4n) is 2.12. The fourth-order valence-corrected chi connectivity index (χ4v) is 3.98. The molecule has 1 atom stereocenters. The summed E-state index contributed by atoms with van der Waals surface area (Å²) in [5.41, 5.74) is 0.655. The number of urea groups is 1. The number of hydrogen-bond donors (Lipinski definition) is 2. The average molecular weight is 298 g/mol. The van der Waals surface area contributed by atoms with Crippen molar-refractivity contribution in [1.82, 2.24) is 5.32 Å². The zero-order chi connectivity index (χ0) is 14.6. The molecule has 0 aliphatic carbocycles. The third kappa shape index (κ3) is 4.12. The Morgan fingerprint density at radius 2 is 2.05 bits per heavy atom. The van der Waals surface area contributed by atoms with E-state index in [1.807, 2.05) is 0 Å². The Balaban J connectivity index is 1.78. The molecule has 6 nitrogen and oxygen atoms in total. The van der Waals surface area contributed by atoms with Crippen LogP contribution in [0.1, 0.15) is 6.42 Å². The Morgan fingerprint density at radius 3 is 2.60 bits per heavy atom. The maximum atomic E-state index is 11.7. The van der Waals surface area contributed by atoms with Crippen LogP contribution in [0.2, 0.25) is 0 Å². The summed E-state index contributed by atoms with van der Waals surface area (Å²) in [6, 6.07) is 6.63. The molecular weight excluding hydrogens is 280 g/mol. The van der Waals surface area contributed by atoms with E-state index >= 15 is 0 Å². The molecule has 7 heteroatoms. The van der Waals surface area contributed by atoms with E-state index in [9.17, 15) is 13.2 Å². The molecule has 2 N–H and O–H groups in total. The molecule has 1 aliphatic heterocycles. The Hall–Kier alpha value is -1.76. The number of sulfone groups is 1. The van der Waals surface area contributed by atoms with Crippen molar-refractivity contribution in [2.75, 3.05) is 30.5 Å². The van der Waals surface area contributed by atoms with Crippen LogP contribution in [-0.4, -0.2) is 39.6 Å². The average Bonchev–Trinajstić information content (AvgIpc) is 2.77. The third-order valence-electron chi connectivity index (χ3n) is 3.23. The Kier molecular flexibility index (Phi) is 4.49. The minimum atomic E-state index is -2.90. The first kappa shape index (κ1) is 14.6. The summed E-state index contributed by atoms with van der Waals surface area (Å²) >= 11 is 0. The van der Waals surface area contributed by atoms with Gasteiger partial charge in [-0.2, -0.15) is 0 Å². The molecule has 0 spiro atoms. The highest BCUT2D eigenvalue weighted by Gasteiger charge is 2.27. The summed E-state index contributed by atoms with van der Waals surface area (Å²) in [4.78, 5) is 11.7. The Labute approximate surface area is 118 Å². The van der Waals surface area contributed by atoms with Crippen molar-refractivity contribution in [2.45, 2.75) is 6.42 Å². The molecule has 1 aromatic carbocycles. The highest BCUT2D eigenvalue weighted by molar-refractivity contribution is 7.91. The number of hydrogen-bond acceptors (Lipinski definition) is 4. The van der Waals surface area contributed by atoms with Crippen molar-refractivity contribution in [3.63, 3.8) is 0 Å². The molecule has 1 saturated heterocycles. The van der Waals surface area contributed by atoms with Crippen molar-refractivity contribution >= 4 is 21.6 Å². The van der Waals surface area contributed by atoms with Crippen LogP contribution in [0, 0.1) is 5.92 Å². The number of rotatable bonds is 4. The van der Waals surface area contributed by atoms with Crippen molar-refractivity contribution < 1.29 is 17.9 Å². The van der Waals surface area contributed by atoms with E-state index in [0.717, 1.165) is 0 Å². The number of anilines is 1. The van der Waals surface area contributed by atoms with Gasteiger partial charge in [-0.3, -0.25) is 0 Å². The van der Waals surface area contributed by atoms with Gasteiger partial charge in [-0.1, -0.05) is 0 Å². The first-order chi connectivity index (χ1) is 9.48. The maximum Gasteiger partial charge on any atom is 0.319 e. The second-order valence-electron chi connectivity index (χ2n) is 4.83. The first-order valence-electron chi connectivity index (χ1n) is 6.38. The van der Waals surface area contributed by atoms with E-state index in [1.165, 1.54) is 0 Å². The van der Waals surface area contributed by atoms with Gasteiger partial charge in [0, 0.05) is 12.2 Å². The first-order valence-corrected chi connectivity index (χ1v) is 8.20. The second kappa shape index (κ2) is 6.13. The van der Waals surface area contributed by atoms with Gasteiger partial charge in [0.1, 0.15) is 5.75 Å². The topological polar surface area (TPSA) is 84.5 Å². The molecule has 2 amide bonds. The lowest BCUT2D eigenvalue weighted by atomic mass is 10.1. The van der Waals surface area contributed by atoms with E-state index in [2.05, 4.69) is 10.6 Å². The third-order valence-corrected chi connectivity index (χ3v) is 5.06. The molecule has 0 unspecified atom stereocenters. The highest BCUT2D eigenvalue weighted by atomic mass is 32.2. The molecule has 1 fully saturated rings. The van der Waals surface area contributed by atoms with E-state index in [0.29, 0.717) is 24.4 Å². The van der Waals surface area contributed by atoms with E-state index < -0.39 is 9.84 Å². The number of methoxy groups -OCH3 is 1. The smallest absolute Gasteiger partial charge is 0.319 e. The zero-order valence-corrected chi connectivity index (χ0v) is 12.1. The van der Waals surface area contributed by atoms with Crippen LogP contribution in [0.3, 0.4) is 0 Å². The largest absolute Gasteiger partial charge is 0.497 e. The van der Waals surface area contributed by atoms with Gasteiger partial charge in [0.25, 0.3) is 0 Å². The van der Waals surface area contributed by atoms with Gasteiger partial charge in [0.05, 0.1) is 18.6 Å². The molecule has 0 radical (unpaired) electrons. The standard InChI is InChI=1S/C13H18N2O4S/c1-19-12-4-2-11(3-5-12)15-13(16)14-8-10-6-7-20(17,18)9-10/h2-5,10H,6-9H2,1H3,(H2,14,15,16)/t10-/m1/s1. The van der Waals surface area contributed by atoms with Crippen LogP contribution in [0.5, 0.6) is 5.75 Å². The lowest BCUT2D eigenvalue weighted by Gasteiger charge is -2.11. The summed E-state index contributed by atoms with van der Waals surface area (Å²) in [6.07, 6.45) is 0.616. The molecule has 1 heterocycles. The monoisotopic (exact) mass is 298 g/mol. The molecule has 0 aromatic heterocycles. The summed E-state index contributed by atoms with van der Waals surface area (Å²) in [5, 5.41) is 5.38. The van der Waals surface area contributed by atoms with Gasteiger partial charge in [0.2, 0.25) is 0 Å². The normalized spacial score (nSPS) is 20.4. The van der Waals surface area contributed by atoms with Crippen molar-refractivity contribution in [1.29, 1.82) is 0 Å². The number of carbonyl (C=O) groups is 1. The van der Waals surface area contributed by atoms with Crippen LogP contribution in [0.25, 0.3) is 0 Å². The quantitative estimate of drug-likeness (QED) is 0.876. The van der Waals surface area contributed by atoms with Crippen LogP contribution in [0.4, 0.5) is 10.5 Å². The minimum absolute atomic E-state index is 0.0154. The highest BCUT2D eigenvalue weighted by Crippen LogP contribution is 2.17. The van der Waals surface area contributed by atoms with E-state index in [4.69, 9.17) is 4.74 Å². The predicted molar refractivity (Wildman–Crippen MR) is 76.8 cm³/mol. The summed E-state index contributed by atoms with van der Waals surface area (Å²) in [6.45, 7) is 0.376. The molecule has 2 rings (SSSR count).